The SMILES string of the molecule is CN(C)c1ccc([C@H](CNC(=O)c2ccc(Br)cc2)N(C)C)cc1. The zero-order valence-corrected chi connectivity index (χ0v) is 16.2. The summed E-state index contributed by atoms with van der Waals surface area (Å²) in [6, 6.07) is 15.9. The van der Waals surface area contributed by atoms with Crippen LogP contribution in [0.15, 0.2) is 53.0 Å². The lowest BCUT2D eigenvalue weighted by molar-refractivity contribution is 0.0942. The van der Waals surface area contributed by atoms with Crippen molar-refractivity contribution in [3.8, 4) is 0 Å². The van der Waals surface area contributed by atoms with Gasteiger partial charge in [-0.25, -0.2) is 0 Å². The van der Waals surface area contributed by atoms with Crippen LogP contribution in [0.25, 0.3) is 0 Å². The van der Waals surface area contributed by atoms with Gasteiger partial charge in [0.1, 0.15) is 0 Å². The van der Waals surface area contributed by atoms with E-state index in [1.165, 1.54) is 5.56 Å². The van der Waals surface area contributed by atoms with Gasteiger partial charge in [0.05, 0.1) is 6.04 Å². The molecule has 0 spiro atoms. The van der Waals surface area contributed by atoms with Crippen molar-refractivity contribution in [2.75, 3.05) is 39.6 Å². The van der Waals surface area contributed by atoms with Crippen LogP contribution in [-0.4, -0.2) is 45.5 Å². The Morgan fingerprint density at radius 1 is 1.00 bits per heavy atom. The van der Waals surface area contributed by atoms with E-state index in [2.05, 4.69) is 55.3 Å². The Morgan fingerprint density at radius 3 is 2.08 bits per heavy atom. The first-order valence-corrected chi connectivity index (χ1v) is 8.65. The molecule has 128 valence electrons. The van der Waals surface area contributed by atoms with Crippen LogP contribution < -0.4 is 10.2 Å². The highest BCUT2D eigenvalue weighted by Crippen LogP contribution is 2.21. The smallest absolute Gasteiger partial charge is 0.251 e. The minimum atomic E-state index is -0.0562. The van der Waals surface area contributed by atoms with E-state index in [0.29, 0.717) is 12.1 Å². The fourth-order valence-corrected chi connectivity index (χ4v) is 2.75. The Kier molecular flexibility index (Phi) is 6.40. The molecule has 0 saturated carbocycles. The number of rotatable bonds is 6. The van der Waals surface area contributed by atoms with Crippen LogP contribution in [0.2, 0.25) is 0 Å². The summed E-state index contributed by atoms with van der Waals surface area (Å²) >= 11 is 3.38. The van der Waals surface area contributed by atoms with Crippen molar-refractivity contribution >= 4 is 27.5 Å². The van der Waals surface area contributed by atoms with E-state index in [4.69, 9.17) is 0 Å². The molecule has 0 aliphatic heterocycles. The normalized spacial score (nSPS) is 12.1. The van der Waals surface area contributed by atoms with Crippen molar-refractivity contribution in [3.05, 3.63) is 64.1 Å². The fraction of sp³-hybridized carbons (Fsp3) is 0.316. The van der Waals surface area contributed by atoms with Crippen LogP contribution in [-0.2, 0) is 0 Å². The molecule has 2 aromatic rings. The summed E-state index contributed by atoms with van der Waals surface area (Å²) in [5, 5.41) is 3.03. The predicted octanol–water partition coefficient (Wildman–Crippen LogP) is 3.55. The second-order valence-electron chi connectivity index (χ2n) is 6.18. The summed E-state index contributed by atoms with van der Waals surface area (Å²) in [7, 11) is 8.10. The quantitative estimate of drug-likeness (QED) is 0.820. The maximum Gasteiger partial charge on any atom is 0.251 e. The van der Waals surface area contributed by atoms with E-state index >= 15 is 0 Å². The number of carbonyl (C=O) groups excluding carboxylic acids is 1. The van der Waals surface area contributed by atoms with Gasteiger partial charge >= 0.3 is 0 Å². The molecule has 1 atom stereocenters. The molecular formula is C19H24BrN3O. The lowest BCUT2D eigenvalue weighted by Crippen LogP contribution is -2.34. The Labute approximate surface area is 152 Å². The van der Waals surface area contributed by atoms with Crippen LogP contribution in [0.3, 0.4) is 0 Å². The molecule has 0 aromatic heterocycles. The van der Waals surface area contributed by atoms with Crippen molar-refractivity contribution in [2.24, 2.45) is 0 Å². The van der Waals surface area contributed by atoms with Crippen molar-refractivity contribution in [2.45, 2.75) is 6.04 Å². The maximum absolute atomic E-state index is 12.3. The van der Waals surface area contributed by atoms with Gasteiger partial charge in [-0.05, 0) is 56.1 Å². The highest BCUT2D eigenvalue weighted by molar-refractivity contribution is 9.10. The van der Waals surface area contributed by atoms with Gasteiger partial charge in [-0.1, -0.05) is 28.1 Å². The molecule has 0 saturated heterocycles. The molecule has 2 aromatic carbocycles. The molecule has 0 unspecified atom stereocenters. The second kappa shape index (κ2) is 8.31. The first-order valence-electron chi connectivity index (χ1n) is 7.86. The molecule has 5 heteroatoms. The standard InChI is InChI=1S/C19H24BrN3O/c1-22(2)17-11-7-14(8-12-17)18(23(3)4)13-21-19(24)15-5-9-16(20)10-6-15/h5-12,18H,13H2,1-4H3,(H,21,24)/t18-/m0/s1. The third-order valence-electron chi connectivity index (χ3n) is 3.98. The highest BCUT2D eigenvalue weighted by atomic mass is 79.9. The topological polar surface area (TPSA) is 35.6 Å². The molecule has 0 fully saturated rings. The van der Waals surface area contributed by atoms with Crippen LogP contribution in [0.5, 0.6) is 0 Å². The molecule has 24 heavy (non-hydrogen) atoms. The van der Waals surface area contributed by atoms with Gasteiger partial charge in [0.15, 0.2) is 0 Å². The van der Waals surface area contributed by atoms with Gasteiger partial charge in [-0.3, -0.25) is 4.79 Å². The summed E-state index contributed by atoms with van der Waals surface area (Å²) in [4.78, 5) is 16.5. The number of likely N-dealkylation sites (N-methyl/N-ethyl adjacent to an activating group) is 1. The molecular weight excluding hydrogens is 366 g/mol. The summed E-state index contributed by atoms with van der Waals surface area (Å²) in [5.41, 5.74) is 3.01. The number of hydrogen-bond acceptors (Lipinski definition) is 3. The summed E-state index contributed by atoms with van der Waals surface area (Å²) in [6.45, 7) is 0.559. The number of anilines is 1. The maximum atomic E-state index is 12.3. The van der Waals surface area contributed by atoms with Crippen molar-refractivity contribution in [3.63, 3.8) is 0 Å². The third-order valence-corrected chi connectivity index (χ3v) is 4.51. The average Bonchev–Trinajstić information content (AvgIpc) is 2.55. The second-order valence-corrected chi connectivity index (χ2v) is 7.10. The van der Waals surface area contributed by atoms with E-state index in [1.54, 1.807) is 0 Å². The summed E-state index contributed by atoms with van der Waals surface area (Å²) < 4.78 is 0.964. The summed E-state index contributed by atoms with van der Waals surface area (Å²) in [5.74, 6) is -0.0562. The van der Waals surface area contributed by atoms with Crippen molar-refractivity contribution in [1.82, 2.24) is 10.2 Å². The fourth-order valence-electron chi connectivity index (χ4n) is 2.49. The number of hydrogen-bond donors (Lipinski definition) is 1. The monoisotopic (exact) mass is 389 g/mol. The largest absolute Gasteiger partial charge is 0.378 e. The van der Waals surface area contributed by atoms with Gasteiger partial charge in [-0.15, -0.1) is 0 Å². The zero-order chi connectivity index (χ0) is 17.7. The lowest BCUT2D eigenvalue weighted by Gasteiger charge is -2.26. The van der Waals surface area contributed by atoms with Crippen molar-refractivity contribution in [1.29, 1.82) is 0 Å². The first kappa shape index (κ1) is 18.5. The predicted molar refractivity (Wildman–Crippen MR) is 104 cm³/mol. The number of nitrogens with one attached hydrogen (secondary N) is 1. The zero-order valence-electron chi connectivity index (χ0n) is 14.6. The molecule has 0 aliphatic rings. The Morgan fingerprint density at radius 2 is 1.58 bits per heavy atom. The van der Waals surface area contributed by atoms with Gasteiger partial charge in [0, 0.05) is 36.4 Å². The molecule has 1 amide bonds. The number of halogens is 1. The molecule has 1 N–H and O–H groups in total. The molecule has 0 aliphatic carbocycles. The first-order chi connectivity index (χ1) is 11.4. The lowest BCUT2D eigenvalue weighted by atomic mass is 10.0. The number of benzene rings is 2. The van der Waals surface area contributed by atoms with E-state index in [9.17, 15) is 4.79 Å². The van der Waals surface area contributed by atoms with Crippen LogP contribution >= 0.6 is 15.9 Å². The Balaban J connectivity index is 2.05. The molecule has 0 bridgehead atoms. The van der Waals surface area contributed by atoms with E-state index in [0.717, 1.165) is 10.2 Å². The molecule has 0 heterocycles. The number of amides is 1. The van der Waals surface area contributed by atoms with Crippen LogP contribution in [0.4, 0.5) is 5.69 Å². The van der Waals surface area contributed by atoms with E-state index in [-0.39, 0.29) is 11.9 Å². The molecule has 0 radical (unpaired) electrons. The highest BCUT2D eigenvalue weighted by Gasteiger charge is 2.16. The minimum Gasteiger partial charge on any atom is -0.378 e. The average molecular weight is 390 g/mol. The Hall–Kier alpha value is -1.85. The van der Waals surface area contributed by atoms with E-state index < -0.39 is 0 Å². The number of nitrogens with zero attached hydrogens (tertiary/aromatic N) is 2. The van der Waals surface area contributed by atoms with E-state index in [1.807, 2.05) is 52.5 Å². The minimum absolute atomic E-state index is 0.0562. The van der Waals surface area contributed by atoms with Crippen LogP contribution in [0, 0.1) is 0 Å². The van der Waals surface area contributed by atoms with Crippen molar-refractivity contribution < 1.29 is 4.79 Å². The van der Waals surface area contributed by atoms with Gasteiger partial charge < -0.3 is 15.1 Å². The molecule has 2 rings (SSSR count). The number of carbonyl (C=O) groups is 1. The van der Waals surface area contributed by atoms with Gasteiger partial charge in [-0.2, -0.15) is 0 Å². The summed E-state index contributed by atoms with van der Waals surface area (Å²) in [6.07, 6.45) is 0. The Bertz CT molecular complexity index is 666. The molecule has 4 nitrogen and oxygen atoms in total. The third kappa shape index (κ3) is 4.82. The van der Waals surface area contributed by atoms with Gasteiger partial charge in [0.25, 0.3) is 5.91 Å². The van der Waals surface area contributed by atoms with Gasteiger partial charge in [0.2, 0.25) is 0 Å². The van der Waals surface area contributed by atoms with Crippen LogP contribution in [0.1, 0.15) is 22.0 Å².